The highest BCUT2D eigenvalue weighted by Crippen LogP contribution is 2.29. The minimum absolute atomic E-state index is 0.0172. The molecule has 0 aliphatic rings. The van der Waals surface area contributed by atoms with E-state index in [4.69, 9.17) is 16.6 Å². The molecule has 0 amide bonds. The van der Waals surface area contributed by atoms with Gasteiger partial charge in [-0.3, -0.25) is 4.79 Å². The van der Waals surface area contributed by atoms with Crippen LogP contribution in [-0.2, 0) is 13.0 Å². The van der Waals surface area contributed by atoms with E-state index in [0.717, 1.165) is 39.2 Å². The lowest BCUT2D eigenvalue weighted by molar-refractivity contribution is -0.708. The summed E-state index contributed by atoms with van der Waals surface area (Å²) in [4.78, 5) is 22.5. The van der Waals surface area contributed by atoms with Gasteiger partial charge in [-0.05, 0) is 37.8 Å². The number of hydrogen-bond acceptors (Lipinski definition) is 3. The lowest BCUT2D eigenvalue weighted by atomic mass is 9.98. The normalized spacial score (nSPS) is 13.8. The van der Waals surface area contributed by atoms with Gasteiger partial charge in [0.2, 0.25) is 0 Å². The summed E-state index contributed by atoms with van der Waals surface area (Å²) in [5, 5.41) is 3.69. The Bertz CT molecular complexity index is 995. The van der Waals surface area contributed by atoms with Crippen LogP contribution in [0.1, 0.15) is 55.1 Å². The smallest absolute Gasteiger partial charge is 0.260 e. The maximum atomic E-state index is 12.7. The van der Waals surface area contributed by atoms with E-state index in [1.54, 1.807) is 11.3 Å². The summed E-state index contributed by atoms with van der Waals surface area (Å²) in [7, 11) is 0. The van der Waals surface area contributed by atoms with Gasteiger partial charge in [-0.15, -0.1) is 11.3 Å². The van der Waals surface area contributed by atoms with Gasteiger partial charge < -0.3 is 10.3 Å². The van der Waals surface area contributed by atoms with Gasteiger partial charge >= 0.3 is 0 Å². The van der Waals surface area contributed by atoms with Crippen molar-refractivity contribution in [2.75, 3.05) is 0 Å². The molecule has 6 heteroatoms. The zero-order valence-corrected chi connectivity index (χ0v) is 17.9. The van der Waals surface area contributed by atoms with Crippen molar-refractivity contribution in [1.29, 1.82) is 0 Å². The summed E-state index contributed by atoms with van der Waals surface area (Å²) < 4.78 is 0. The number of benzene rings is 1. The van der Waals surface area contributed by atoms with Gasteiger partial charge in [0.05, 0.1) is 5.39 Å². The first-order valence-electron chi connectivity index (χ1n) is 9.49. The second kappa shape index (κ2) is 8.55. The van der Waals surface area contributed by atoms with E-state index < -0.39 is 0 Å². The number of nitrogens with one attached hydrogen (secondary N) is 1. The highest BCUT2D eigenvalue weighted by molar-refractivity contribution is 7.18. The molecule has 0 saturated carbocycles. The highest BCUT2D eigenvalue weighted by Gasteiger charge is 2.18. The van der Waals surface area contributed by atoms with E-state index in [0.29, 0.717) is 18.3 Å². The lowest BCUT2D eigenvalue weighted by Gasteiger charge is -2.12. The van der Waals surface area contributed by atoms with Crippen molar-refractivity contribution in [2.24, 2.45) is 5.92 Å². The second-order valence-corrected chi connectivity index (χ2v) is 8.91. The van der Waals surface area contributed by atoms with Crippen LogP contribution in [-0.4, -0.2) is 9.97 Å². The molecule has 0 fully saturated rings. The number of aromatic nitrogens is 2. The first-order chi connectivity index (χ1) is 12.9. The molecular formula is C21H27ClN3OS+. The molecule has 1 aromatic carbocycles. The van der Waals surface area contributed by atoms with Gasteiger partial charge in [-0.25, -0.2) is 4.98 Å². The third-order valence-corrected chi connectivity index (χ3v) is 6.61. The molecule has 0 aliphatic carbocycles. The SMILES string of the molecule is CC[C@@H](C)Cc1c(C)sc2nc(C[NH2+][C@@H](C)c3ccccc3Cl)[nH]c(=O)c12. The average molecular weight is 405 g/mol. The van der Waals surface area contributed by atoms with Crippen LogP contribution in [0.3, 0.4) is 0 Å². The van der Waals surface area contributed by atoms with Crippen molar-refractivity contribution in [1.82, 2.24) is 9.97 Å². The van der Waals surface area contributed by atoms with Crippen LogP contribution in [0.2, 0.25) is 5.02 Å². The molecule has 27 heavy (non-hydrogen) atoms. The van der Waals surface area contributed by atoms with Crippen molar-refractivity contribution in [3.63, 3.8) is 0 Å². The number of thiophene rings is 1. The minimum atomic E-state index is -0.0172. The Labute approximate surface area is 169 Å². The molecule has 3 aromatic rings. The number of quaternary nitrogens is 1. The predicted molar refractivity (Wildman–Crippen MR) is 114 cm³/mol. The third-order valence-electron chi connectivity index (χ3n) is 5.22. The molecule has 0 unspecified atom stereocenters. The van der Waals surface area contributed by atoms with Gasteiger partial charge in [-0.1, -0.05) is 50.1 Å². The monoisotopic (exact) mass is 404 g/mol. The van der Waals surface area contributed by atoms with Crippen molar-refractivity contribution < 1.29 is 5.32 Å². The summed E-state index contributed by atoms with van der Waals surface area (Å²) in [6.45, 7) is 9.22. The summed E-state index contributed by atoms with van der Waals surface area (Å²) in [5.74, 6) is 1.27. The zero-order chi connectivity index (χ0) is 19.6. The standard InChI is InChI=1S/C21H26ClN3OS/c1-5-12(2)10-16-14(4)27-21-19(16)20(26)24-18(25-21)11-23-13(3)15-8-6-7-9-17(15)22/h6-9,12-13,23H,5,10-11H2,1-4H3,(H,24,25,26)/p+1/t12-,13+/m1/s1. The van der Waals surface area contributed by atoms with Gasteiger partial charge in [0.15, 0.2) is 5.82 Å². The van der Waals surface area contributed by atoms with E-state index in [2.05, 4.69) is 38.0 Å². The Kier molecular flexibility index (Phi) is 6.35. The maximum Gasteiger partial charge on any atom is 0.260 e. The van der Waals surface area contributed by atoms with Crippen molar-refractivity contribution >= 4 is 33.2 Å². The highest BCUT2D eigenvalue weighted by atomic mass is 35.5. The van der Waals surface area contributed by atoms with Gasteiger partial charge in [0, 0.05) is 15.5 Å². The van der Waals surface area contributed by atoms with Gasteiger partial charge in [0.25, 0.3) is 5.56 Å². The summed E-state index contributed by atoms with van der Waals surface area (Å²) >= 11 is 7.91. The van der Waals surface area contributed by atoms with E-state index in [-0.39, 0.29) is 11.6 Å². The summed E-state index contributed by atoms with van der Waals surface area (Å²) in [5.41, 5.74) is 2.24. The van der Waals surface area contributed by atoms with Gasteiger partial charge in [0.1, 0.15) is 17.4 Å². The zero-order valence-electron chi connectivity index (χ0n) is 16.3. The quantitative estimate of drug-likeness (QED) is 0.614. The number of nitrogens with two attached hydrogens (primary N) is 1. The van der Waals surface area contributed by atoms with Crippen LogP contribution in [0.4, 0.5) is 0 Å². The molecule has 0 radical (unpaired) electrons. The molecule has 2 aromatic heterocycles. The molecular weight excluding hydrogens is 378 g/mol. The van der Waals surface area contributed by atoms with Crippen molar-refractivity contribution in [3.8, 4) is 0 Å². The molecule has 3 rings (SSSR count). The van der Waals surface area contributed by atoms with Crippen LogP contribution in [0.5, 0.6) is 0 Å². The van der Waals surface area contributed by atoms with E-state index >= 15 is 0 Å². The number of nitrogens with zero attached hydrogens (tertiary/aromatic N) is 1. The first-order valence-corrected chi connectivity index (χ1v) is 10.7. The second-order valence-electron chi connectivity index (χ2n) is 7.30. The molecule has 2 heterocycles. The van der Waals surface area contributed by atoms with Crippen LogP contribution < -0.4 is 10.9 Å². The van der Waals surface area contributed by atoms with E-state index in [1.165, 1.54) is 4.88 Å². The predicted octanol–water partition coefficient (Wildman–Crippen LogP) is 4.36. The maximum absolute atomic E-state index is 12.7. The average Bonchev–Trinajstić information content (AvgIpc) is 2.95. The molecule has 2 atom stereocenters. The van der Waals surface area contributed by atoms with Crippen LogP contribution in [0, 0.1) is 12.8 Å². The molecule has 3 N–H and O–H groups in total. The molecule has 4 nitrogen and oxygen atoms in total. The Morgan fingerprint density at radius 3 is 2.74 bits per heavy atom. The number of halogens is 1. The van der Waals surface area contributed by atoms with E-state index in [1.807, 2.05) is 24.3 Å². The lowest BCUT2D eigenvalue weighted by Crippen LogP contribution is -2.83. The van der Waals surface area contributed by atoms with Crippen molar-refractivity contribution in [2.45, 2.75) is 53.1 Å². The number of H-pyrrole nitrogens is 1. The number of aromatic amines is 1. The summed E-state index contributed by atoms with van der Waals surface area (Å²) in [6, 6.07) is 8.05. The molecule has 0 spiro atoms. The molecule has 0 saturated heterocycles. The number of fused-ring (bicyclic) bond motifs is 1. The summed E-state index contributed by atoms with van der Waals surface area (Å²) in [6.07, 6.45) is 2.04. The number of hydrogen-bond donors (Lipinski definition) is 2. The molecule has 144 valence electrons. The van der Waals surface area contributed by atoms with Crippen LogP contribution >= 0.6 is 22.9 Å². The number of rotatable bonds is 7. The van der Waals surface area contributed by atoms with Crippen LogP contribution in [0.15, 0.2) is 29.1 Å². The Balaban J connectivity index is 1.83. The largest absolute Gasteiger partial charge is 0.334 e. The minimum Gasteiger partial charge on any atom is -0.334 e. The fourth-order valence-electron chi connectivity index (χ4n) is 3.31. The fourth-order valence-corrected chi connectivity index (χ4v) is 4.69. The Morgan fingerprint density at radius 1 is 1.30 bits per heavy atom. The fraction of sp³-hybridized carbons (Fsp3) is 0.429. The third kappa shape index (κ3) is 4.42. The van der Waals surface area contributed by atoms with Gasteiger partial charge in [-0.2, -0.15) is 0 Å². The first kappa shape index (κ1) is 20.1. The topological polar surface area (TPSA) is 62.4 Å². The number of aryl methyl sites for hydroxylation is 1. The molecule has 0 aliphatic heterocycles. The Hall–Kier alpha value is -1.69. The Morgan fingerprint density at radius 2 is 2.04 bits per heavy atom. The molecule has 0 bridgehead atoms. The van der Waals surface area contributed by atoms with E-state index in [9.17, 15) is 4.79 Å². The van der Waals surface area contributed by atoms with Crippen LogP contribution in [0.25, 0.3) is 10.2 Å². The van der Waals surface area contributed by atoms with Crippen molar-refractivity contribution in [3.05, 3.63) is 61.5 Å².